The lowest BCUT2D eigenvalue weighted by Crippen LogP contribution is -2.08. The van der Waals surface area contributed by atoms with Gasteiger partial charge in [0.1, 0.15) is 5.82 Å². The van der Waals surface area contributed by atoms with E-state index in [1.807, 2.05) is 31.6 Å². The number of halogens is 1. The summed E-state index contributed by atoms with van der Waals surface area (Å²) in [6.07, 6.45) is 0. The highest BCUT2D eigenvalue weighted by Crippen LogP contribution is 2.14. The Balaban J connectivity index is 2.27. The standard InChI is InChI=1S/C14H18FN3/c1-10-14(8-16-3)11(2)18(17-10)9-12-5-4-6-13(15)7-12/h4-7,16H,8-9H2,1-3H3. The van der Waals surface area contributed by atoms with Gasteiger partial charge in [-0.05, 0) is 38.6 Å². The van der Waals surface area contributed by atoms with Crippen LogP contribution in [0.5, 0.6) is 0 Å². The normalized spacial score (nSPS) is 10.9. The zero-order valence-corrected chi connectivity index (χ0v) is 11.0. The van der Waals surface area contributed by atoms with Gasteiger partial charge in [0.05, 0.1) is 12.2 Å². The lowest BCUT2D eigenvalue weighted by molar-refractivity contribution is 0.615. The molecule has 0 atom stereocenters. The molecule has 3 nitrogen and oxygen atoms in total. The fraction of sp³-hybridized carbons (Fsp3) is 0.357. The van der Waals surface area contributed by atoms with Gasteiger partial charge < -0.3 is 5.32 Å². The first-order valence-electron chi connectivity index (χ1n) is 6.03. The van der Waals surface area contributed by atoms with Crippen molar-refractivity contribution in [2.75, 3.05) is 7.05 Å². The molecule has 1 N–H and O–H groups in total. The molecule has 0 radical (unpaired) electrons. The van der Waals surface area contributed by atoms with E-state index in [1.165, 1.54) is 11.6 Å². The molecule has 0 bridgehead atoms. The molecule has 2 rings (SSSR count). The summed E-state index contributed by atoms with van der Waals surface area (Å²) >= 11 is 0. The summed E-state index contributed by atoms with van der Waals surface area (Å²) in [4.78, 5) is 0. The Hall–Kier alpha value is -1.68. The second-order valence-corrected chi connectivity index (χ2v) is 4.47. The molecule has 2 aromatic rings. The van der Waals surface area contributed by atoms with Gasteiger partial charge in [0.15, 0.2) is 0 Å². The third-order valence-corrected chi connectivity index (χ3v) is 3.11. The highest BCUT2D eigenvalue weighted by Gasteiger charge is 2.10. The number of hydrogen-bond acceptors (Lipinski definition) is 2. The van der Waals surface area contributed by atoms with Crippen molar-refractivity contribution in [1.29, 1.82) is 0 Å². The predicted octanol–water partition coefficient (Wildman–Crippen LogP) is 2.41. The molecule has 1 heterocycles. The largest absolute Gasteiger partial charge is 0.316 e. The first kappa shape index (κ1) is 12.8. The maximum atomic E-state index is 13.1. The van der Waals surface area contributed by atoms with Gasteiger partial charge in [0, 0.05) is 17.8 Å². The highest BCUT2D eigenvalue weighted by atomic mass is 19.1. The van der Waals surface area contributed by atoms with Gasteiger partial charge in [-0.1, -0.05) is 12.1 Å². The topological polar surface area (TPSA) is 29.9 Å². The number of aryl methyl sites for hydroxylation is 1. The molecular formula is C14H18FN3. The summed E-state index contributed by atoms with van der Waals surface area (Å²) in [5.41, 5.74) is 4.30. The Labute approximate surface area is 107 Å². The molecule has 0 aliphatic heterocycles. The highest BCUT2D eigenvalue weighted by molar-refractivity contribution is 5.26. The van der Waals surface area contributed by atoms with Crippen molar-refractivity contribution in [3.8, 4) is 0 Å². The van der Waals surface area contributed by atoms with Gasteiger partial charge in [-0.15, -0.1) is 0 Å². The van der Waals surface area contributed by atoms with E-state index >= 15 is 0 Å². The average molecular weight is 247 g/mol. The van der Waals surface area contributed by atoms with Crippen molar-refractivity contribution in [2.24, 2.45) is 0 Å². The van der Waals surface area contributed by atoms with E-state index < -0.39 is 0 Å². The Morgan fingerprint density at radius 1 is 1.33 bits per heavy atom. The van der Waals surface area contributed by atoms with E-state index in [4.69, 9.17) is 0 Å². The van der Waals surface area contributed by atoms with E-state index in [-0.39, 0.29) is 5.82 Å². The molecule has 18 heavy (non-hydrogen) atoms. The van der Waals surface area contributed by atoms with Crippen LogP contribution in [-0.2, 0) is 13.1 Å². The van der Waals surface area contributed by atoms with Crippen LogP contribution < -0.4 is 5.32 Å². The first-order valence-corrected chi connectivity index (χ1v) is 6.03. The zero-order valence-electron chi connectivity index (χ0n) is 11.0. The average Bonchev–Trinajstić information content (AvgIpc) is 2.57. The van der Waals surface area contributed by atoms with E-state index in [1.54, 1.807) is 12.1 Å². The van der Waals surface area contributed by atoms with Crippen LogP contribution in [0.4, 0.5) is 4.39 Å². The van der Waals surface area contributed by atoms with Crippen molar-refractivity contribution in [1.82, 2.24) is 15.1 Å². The van der Waals surface area contributed by atoms with E-state index in [9.17, 15) is 4.39 Å². The fourth-order valence-electron chi connectivity index (χ4n) is 2.13. The zero-order chi connectivity index (χ0) is 13.1. The molecule has 4 heteroatoms. The summed E-state index contributed by atoms with van der Waals surface area (Å²) in [6.45, 7) is 5.46. The Kier molecular flexibility index (Phi) is 3.77. The number of aromatic nitrogens is 2. The number of benzene rings is 1. The van der Waals surface area contributed by atoms with Gasteiger partial charge in [-0.3, -0.25) is 4.68 Å². The molecule has 0 saturated carbocycles. The minimum Gasteiger partial charge on any atom is -0.316 e. The van der Waals surface area contributed by atoms with Crippen molar-refractivity contribution < 1.29 is 4.39 Å². The second-order valence-electron chi connectivity index (χ2n) is 4.47. The van der Waals surface area contributed by atoms with Crippen molar-refractivity contribution in [3.05, 3.63) is 52.6 Å². The number of hydrogen-bond donors (Lipinski definition) is 1. The van der Waals surface area contributed by atoms with Gasteiger partial charge in [-0.2, -0.15) is 5.10 Å². The van der Waals surface area contributed by atoms with Crippen LogP contribution in [0.2, 0.25) is 0 Å². The quantitative estimate of drug-likeness (QED) is 0.899. The van der Waals surface area contributed by atoms with E-state index in [0.717, 1.165) is 23.5 Å². The molecule has 0 aliphatic carbocycles. The Bertz CT molecular complexity index is 546. The summed E-state index contributed by atoms with van der Waals surface area (Å²) in [7, 11) is 1.92. The van der Waals surface area contributed by atoms with Crippen molar-refractivity contribution >= 4 is 0 Å². The third-order valence-electron chi connectivity index (χ3n) is 3.11. The smallest absolute Gasteiger partial charge is 0.123 e. The van der Waals surface area contributed by atoms with Crippen LogP contribution in [-0.4, -0.2) is 16.8 Å². The Morgan fingerprint density at radius 2 is 2.11 bits per heavy atom. The molecule has 0 fully saturated rings. The van der Waals surface area contributed by atoms with Gasteiger partial charge in [-0.25, -0.2) is 4.39 Å². The molecular weight excluding hydrogens is 229 g/mol. The molecule has 1 aromatic carbocycles. The second kappa shape index (κ2) is 5.31. The van der Waals surface area contributed by atoms with Gasteiger partial charge in [0.25, 0.3) is 0 Å². The maximum Gasteiger partial charge on any atom is 0.123 e. The van der Waals surface area contributed by atoms with Crippen molar-refractivity contribution in [2.45, 2.75) is 26.9 Å². The third kappa shape index (κ3) is 2.59. The predicted molar refractivity (Wildman–Crippen MR) is 70.0 cm³/mol. The van der Waals surface area contributed by atoms with Crippen molar-refractivity contribution in [3.63, 3.8) is 0 Å². The summed E-state index contributed by atoms with van der Waals surface area (Å²) in [5, 5.41) is 7.65. The van der Waals surface area contributed by atoms with Crippen LogP contribution in [0.3, 0.4) is 0 Å². The SMILES string of the molecule is CNCc1c(C)nn(Cc2cccc(F)c2)c1C. The van der Waals surface area contributed by atoms with Crippen LogP contribution in [0.1, 0.15) is 22.5 Å². The minimum atomic E-state index is -0.204. The Morgan fingerprint density at radius 3 is 2.78 bits per heavy atom. The van der Waals surface area contributed by atoms with Gasteiger partial charge >= 0.3 is 0 Å². The lowest BCUT2D eigenvalue weighted by atomic mass is 10.2. The van der Waals surface area contributed by atoms with Gasteiger partial charge in [0.2, 0.25) is 0 Å². The summed E-state index contributed by atoms with van der Waals surface area (Å²) in [5.74, 6) is -0.204. The number of nitrogens with zero attached hydrogens (tertiary/aromatic N) is 2. The minimum absolute atomic E-state index is 0.204. The molecule has 1 aromatic heterocycles. The first-order chi connectivity index (χ1) is 8.61. The fourth-order valence-corrected chi connectivity index (χ4v) is 2.13. The monoisotopic (exact) mass is 247 g/mol. The molecule has 0 amide bonds. The molecule has 96 valence electrons. The maximum absolute atomic E-state index is 13.1. The van der Waals surface area contributed by atoms with Crippen LogP contribution >= 0.6 is 0 Å². The van der Waals surface area contributed by atoms with E-state index in [0.29, 0.717) is 6.54 Å². The summed E-state index contributed by atoms with van der Waals surface area (Å²) in [6, 6.07) is 6.65. The molecule has 0 saturated heterocycles. The molecule has 0 unspecified atom stereocenters. The number of rotatable bonds is 4. The van der Waals surface area contributed by atoms with Crippen LogP contribution in [0.25, 0.3) is 0 Å². The summed E-state index contributed by atoms with van der Waals surface area (Å²) < 4.78 is 15.1. The van der Waals surface area contributed by atoms with E-state index in [2.05, 4.69) is 10.4 Å². The van der Waals surface area contributed by atoms with Crippen LogP contribution in [0, 0.1) is 19.7 Å². The molecule has 0 aliphatic rings. The molecule has 0 spiro atoms. The number of nitrogens with one attached hydrogen (secondary N) is 1. The lowest BCUT2D eigenvalue weighted by Gasteiger charge is -2.06. The van der Waals surface area contributed by atoms with Crippen LogP contribution in [0.15, 0.2) is 24.3 Å².